The van der Waals surface area contributed by atoms with Crippen molar-refractivity contribution in [2.75, 3.05) is 19.0 Å². The number of ether oxygens (including phenoxy) is 1. The molecule has 1 aromatic carbocycles. The van der Waals surface area contributed by atoms with Crippen molar-refractivity contribution in [1.82, 2.24) is 5.32 Å². The summed E-state index contributed by atoms with van der Waals surface area (Å²) in [7, 11) is 1.61. The van der Waals surface area contributed by atoms with Gasteiger partial charge in [-0.3, -0.25) is 4.79 Å². The molecule has 1 aliphatic rings. The van der Waals surface area contributed by atoms with Gasteiger partial charge in [-0.1, -0.05) is 12.2 Å². The van der Waals surface area contributed by atoms with Crippen molar-refractivity contribution in [1.29, 1.82) is 0 Å². The van der Waals surface area contributed by atoms with Gasteiger partial charge in [0, 0.05) is 36.3 Å². The largest absolute Gasteiger partial charge is 0.497 e. The summed E-state index contributed by atoms with van der Waals surface area (Å²) in [5, 5.41) is 6.17. The molecule has 19 heavy (non-hydrogen) atoms. The van der Waals surface area contributed by atoms with E-state index in [0.29, 0.717) is 18.0 Å². The van der Waals surface area contributed by atoms with Gasteiger partial charge < -0.3 is 21.1 Å². The highest BCUT2D eigenvalue weighted by atomic mass is 32.1. The molecule has 1 amide bonds. The number of rotatable bonds is 5. The van der Waals surface area contributed by atoms with E-state index < -0.39 is 0 Å². The Balaban J connectivity index is 2.08. The fourth-order valence-electron chi connectivity index (χ4n) is 2.08. The van der Waals surface area contributed by atoms with E-state index in [9.17, 15) is 4.79 Å². The first kappa shape index (κ1) is 13.6. The molecule has 4 N–H and O–H groups in total. The molecular formula is C13H17N3O2S. The summed E-state index contributed by atoms with van der Waals surface area (Å²) in [6.45, 7) is 0.647. The number of thiocarbonyl (C=S) groups is 1. The molecule has 2 rings (SSSR count). The maximum Gasteiger partial charge on any atom is 0.220 e. The Morgan fingerprint density at radius 3 is 3.00 bits per heavy atom. The molecule has 0 radical (unpaired) electrons. The maximum atomic E-state index is 11.1. The molecular weight excluding hydrogens is 262 g/mol. The van der Waals surface area contributed by atoms with Crippen LogP contribution in [-0.4, -0.2) is 30.6 Å². The van der Waals surface area contributed by atoms with Gasteiger partial charge in [0.15, 0.2) is 0 Å². The number of benzene rings is 1. The van der Waals surface area contributed by atoms with Crippen molar-refractivity contribution < 1.29 is 9.53 Å². The van der Waals surface area contributed by atoms with Crippen molar-refractivity contribution in [3.63, 3.8) is 0 Å². The summed E-state index contributed by atoms with van der Waals surface area (Å²) in [6, 6.07) is 5.65. The molecule has 6 heteroatoms. The first-order valence-corrected chi connectivity index (χ1v) is 6.52. The fourth-order valence-corrected chi connectivity index (χ4v) is 2.25. The van der Waals surface area contributed by atoms with Crippen LogP contribution in [0, 0.1) is 0 Å². The first-order valence-electron chi connectivity index (χ1n) is 6.11. The highest BCUT2D eigenvalue weighted by Gasteiger charge is 2.20. The van der Waals surface area contributed by atoms with Gasteiger partial charge in [-0.25, -0.2) is 0 Å². The lowest BCUT2D eigenvalue weighted by atomic mass is 10.1. The normalized spacial score (nSPS) is 17.9. The molecule has 0 bridgehead atoms. The highest BCUT2D eigenvalue weighted by Crippen LogP contribution is 2.23. The Labute approximate surface area is 117 Å². The number of anilines is 1. The Morgan fingerprint density at radius 2 is 2.42 bits per heavy atom. The highest BCUT2D eigenvalue weighted by molar-refractivity contribution is 7.80. The molecule has 102 valence electrons. The maximum absolute atomic E-state index is 11.1. The van der Waals surface area contributed by atoms with Gasteiger partial charge in [0.05, 0.1) is 7.11 Å². The van der Waals surface area contributed by atoms with Crippen LogP contribution in [0.4, 0.5) is 5.69 Å². The molecule has 0 aromatic heterocycles. The zero-order valence-corrected chi connectivity index (χ0v) is 11.5. The molecule has 5 nitrogen and oxygen atoms in total. The van der Waals surface area contributed by atoms with Gasteiger partial charge in [-0.15, -0.1) is 0 Å². The average Bonchev–Trinajstić information content (AvgIpc) is 2.81. The van der Waals surface area contributed by atoms with Crippen LogP contribution >= 0.6 is 12.2 Å². The number of hydrogen-bond acceptors (Lipinski definition) is 4. The molecule has 1 unspecified atom stereocenters. The van der Waals surface area contributed by atoms with E-state index in [4.69, 9.17) is 22.7 Å². The van der Waals surface area contributed by atoms with Crippen molar-refractivity contribution in [3.05, 3.63) is 23.8 Å². The predicted octanol–water partition coefficient (Wildman–Crippen LogP) is 1.02. The first-order chi connectivity index (χ1) is 9.10. The average molecular weight is 279 g/mol. The second-order valence-corrected chi connectivity index (χ2v) is 4.90. The third kappa shape index (κ3) is 3.35. The number of amides is 1. The minimum Gasteiger partial charge on any atom is -0.497 e. The van der Waals surface area contributed by atoms with Crippen molar-refractivity contribution in [2.45, 2.75) is 18.9 Å². The Bertz CT molecular complexity index is 505. The monoisotopic (exact) mass is 279 g/mol. The van der Waals surface area contributed by atoms with Crippen molar-refractivity contribution in [3.8, 4) is 5.75 Å². The van der Waals surface area contributed by atoms with Gasteiger partial charge in [0.2, 0.25) is 5.91 Å². The van der Waals surface area contributed by atoms with E-state index in [1.165, 1.54) is 0 Å². The summed E-state index contributed by atoms with van der Waals surface area (Å²) in [6.07, 6.45) is 1.44. The number of carbonyl (C=O) groups is 1. The van der Waals surface area contributed by atoms with Crippen LogP contribution in [0.3, 0.4) is 0 Å². The van der Waals surface area contributed by atoms with Gasteiger partial charge in [0.1, 0.15) is 10.7 Å². The fraction of sp³-hybridized carbons (Fsp3) is 0.385. The molecule has 0 saturated carbocycles. The number of hydrogen-bond donors (Lipinski definition) is 3. The Hall–Kier alpha value is -1.82. The third-order valence-corrected chi connectivity index (χ3v) is 3.34. The molecule has 1 heterocycles. The summed E-state index contributed by atoms with van der Waals surface area (Å²) in [5.74, 6) is 0.838. The van der Waals surface area contributed by atoms with Crippen LogP contribution in [0.2, 0.25) is 0 Å². The van der Waals surface area contributed by atoms with Crippen LogP contribution in [0.15, 0.2) is 18.2 Å². The van der Waals surface area contributed by atoms with E-state index in [1.807, 2.05) is 18.2 Å². The molecule has 1 aromatic rings. The van der Waals surface area contributed by atoms with E-state index in [1.54, 1.807) is 7.11 Å². The standard InChI is InChI=1S/C13H17N3O2S/c1-18-9-3-4-10(13(14)19)11(6-9)15-7-8-2-5-12(17)16-8/h3-4,6,8,15H,2,5,7H2,1H3,(H2,14,19)(H,16,17). The van der Waals surface area contributed by atoms with Crippen LogP contribution in [0.25, 0.3) is 0 Å². The minimum absolute atomic E-state index is 0.104. The zero-order valence-electron chi connectivity index (χ0n) is 10.7. The smallest absolute Gasteiger partial charge is 0.220 e. The molecule has 1 saturated heterocycles. The molecule has 1 atom stereocenters. The van der Waals surface area contributed by atoms with Crippen LogP contribution in [0.5, 0.6) is 5.75 Å². The lowest BCUT2D eigenvalue weighted by Gasteiger charge is -2.16. The van der Waals surface area contributed by atoms with Gasteiger partial charge in [-0.05, 0) is 18.6 Å². The van der Waals surface area contributed by atoms with E-state index in [0.717, 1.165) is 23.4 Å². The van der Waals surface area contributed by atoms with Gasteiger partial charge in [0.25, 0.3) is 0 Å². The van der Waals surface area contributed by atoms with Crippen LogP contribution in [0.1, 0.15) is 18.4 Å². The van der Waals surface area contributed by atoms with Crippen molar-refractivity contribution in [2.24, 2.45) is 5.73 Å². The van der Waals surface area contributed by atoms with E-state index >= 15 is 0 Å². The summed E-state index contributed by atoms with van der Waals surface area (Å²) in [4.78, 5) is 11.5. The Morgan fingerprint density at radius 1 is 1.63 bits per heavy atom. The lowest BCUT2D eigenvalue weighted by Crippen LogP contribution is -2.32. The summed E-state index contributed by atoms with van der Waals surface area (Å²) in [5.41, 5.74) is 7.30. The Kier molecular flexibility index (Phi) is 4.21. The van der Waals surface area contributed by atoms with Crippen LogP contribution < -0.4 is 21.1 Å². The minimum atomic E-state index is 0.104. The SMILES string of the molecule is COc1ccc(C(N)=S)c(NCC2CCC(=O)N2)c1. The number of nitrogens with two attached hydrogens (primary N) is 1. The summed E-state index contributed by atoms with van der Waals surface area (Å²) >= 11 is 5.02. The topological polar surface area (TPSA) is 76.4 Å². The second-order valence-electron chi connectivity index (χ2n) is 4.46. The number of carbonyl (C=O) groups excluding carboxylic acids is 1. The van der Waals surface area contributed by atoms with Gasteiger partial charge in [-0.2, -0.15) is 0 Å². The number of nitrogens with one attached hydrogen (secondary N) is 2. The molecule has 0 spiro atoms. The van der Waals surface area contributed by atoms with Crippen molar-refractivity contribution >= 4 is 28.8 Å². The lowest BCUT2D eigenvalue weighted by molar-refractivity contribution is -0.119. The molecule has 1 fully saturated rings. The van der Waals surface area contributed by atoms with Crippen LogP contribution in [-0.2, 0) is 4.79 Å². The molecule has 1 aliphatic heterocycles. The van der Waals surface area contributed by atoms with Gasteiger partial charge >= 0.3 is 0 Å². The third-order valence-electron chi connectivity index (χ3n) is 3.12. The van der Waals surface area contributed by atoms with E-state index in [2.05, 4.69) is 10.6 Å². The summed E-state index contributed by atoms with van der Waals surface area (Å²) < 4.78 is 5.18. The number of methoxy groups -OCH3 is 1. The second kappa shape index (κ2) is 5.88. The quantitative estimate of drug-likeness (QED) is 0.702. The zero-order chi connectivity index (χ0) is 13.8. The predicted molar refractivity (Wildman–Crippen MR) is 78.5 cm³/mol. The van der Waals surface area contributed by atoms with E-state index in [-0.39, 0.29) is 11.9 Å². The molecule has 0 aliphatic carbocycles.